The summed E-state index contributed by atoms with van der Waals surface area (Å²) in [6.07, 6.45) is 0. The van der Waals surface area contributed by atoms with Crippen LogP contribution in [-0.4, -0.2) is 30.7 Å². The topological polar surface area (TPSA) is 94.7 Å². The summed E-state index contributed by atoms with van der Waals surface area (Å²) in [6, 6.07) is 16.5. The van der Waals surface area contributed by atoms with E-state index in [1.165, 1.54) is 0 Å². The normalized spacial score (nSPS) is 10.9. The quantitative estimate of drug-likeness (QED) is 0.591. The van der Waals surface area contributed by atoms with Crippen LogP contribution in [0.4, 0.5) is 5.82 Å². The second kappa shape index (κ2) is 7.07. The van der Waals surface area contributed by atoms with E-state index in [1.807, 2.05) is 38.1 Å². The first-order valence-corrected chi connectivity index (χ1v) is 8.77. The highest BCUT2D eigenvalue weighted by molar-refractivity contribution is 5.90. The van der Waals surface area contributed by atoms with Gasteiger partial charge in [-0.15, -0.1) is 5.10 Å². The lowest BCUT2D eigenvalue weighted by molar-refractivity contribution is -0.117. The molecule has 0 unspecified atom stereocenters. The number of carbonyl (C=O) groups is 1. The van der Waals surface area contributed by atoms with Gasteiger partial charge in [0.1, 0.15) is 17.9 Å². The van der Waals surface area contributed by atoms with Crippen LogP contribution < -0.4 is 10.9 Å². The Morgan fingerprint density at radius 3 is 2.61 bits per heavy atom. The number of carbonyl (C=O) groups excluding carboxylic acids is 1. The molecule has 0 saturated heterocycles. The van der Waals surface area contributed by atoms with Gasteiger partial charge in [-0.25, -0.2) is 9.36 Å². The molecule has 0 bridgehead atoms. The van der Waals surface area contributed by atoms with E-state index in [-0.39, 0.29) is 18.0 Å². The third kappa shape index (κ3) is 3.39. The molecule has 8 nitrogen and oxygen atoms in total. The van der Waals surface area contributed by atoms with Crippen LogP contribution in [0.1, 0.15) is 11.3 Å². The largest absolute Gasteiger partial charge is 0.309 e. The molecule has 2 aromatic carbocycles. The van der Waals surface area contributed by atoms with Gasteiger partial charge in [0.15, 0.2) is 0 Å². The Morgan fingerprint density at radius 1 is 1.07 bits per heavy atom. The molecule has 4 aromatic rings. The third-order valence-electron chi connectivity index (χ3n) is 4.30. The van der Waals surface area contributed by atoms with Crippen molar-refractivity contribution in [3.63, 3.8) is 0 Å². The smallest absolute Gasteiger partial charge is 0.278 e. The van der Waals surface area contributed by atoms with Gasteiger partial charge in [0.05, 0.1) is 16.8 Å². The molecule has 0 radical (unpaired) electrons. The molecule has 0 atom stereocenters. The lowest BCUT2D eigenvalue weighted by Crippen LogP contribution is -2.30. The van der Waals surface area contributed by atoms with Crippen LogP contribution in [-0.2, 0) is 11.3 Å². The number of aromatic nitrogens is 5. The molecule has 1 N–H and O–H groups in total. The fraction of sp³-hybridized carbons (Fsp3) is 0.150. The van der Waals surface area contributed by atoms with Crippen LogP contribution in [0.25, 0.3) is 16.6 Å². The van der Waals surface area contributed by atoms with Crippen LogP contribution in [0.15, 0.2) is 59.4 Å². The minimum Gasteiger partial charge on any atom is -0.309 e. The zero-order chi connectivity index (χ0) is 19.7. The Kier molecular flexibility index (Phi) is 4.44. The van der Waals surface area contributed by atoms with Crippen LogP contribution in [0.5, 0.6) is 0 Å². The molecular weight excluding hydrogens is 356 g/mol. The number of benzene rings is 2. The summed E-state index contributed by atoms with van der Waals surface area (Å²) in [5, 5.41) is 15.5. The van der Waals surface area contributed by atoms with Crippen molar-refractivity contribution in [3.05, 3.63) is 76.2 Å². The average Bonchev–Trinajstić information content (AvgIpc) is 3.05. The second-order valence-corrected chi connectivity index (χ2v) is 6.54. The maximum atomic E-state index is 12.5. The monoisotopic (exact) mass is 374 g/mol. The third-order valence-corrected chi connectivity index (χ3v) is 4.30. The predicted molar refractivity (Wildman–Crippen MR) is 105 cm³/mol. The fourth-order valence-corrected chi connectivity index (χ4v) is 2.92. The van der Waals surface area contributed by atoms with Gasteiger partial charge in [-0.1, -0.05) is 35.0 Å². The Hall–Kier alpha value is -3.81. The summed E-state index contributed by atoms with van der Waals surface area (Å²) >= 11 is 0. The first kappa shape index (κ1) is 17.6. The van der Waals surface area contributed by atoms with Gasteiger partial charge in [0, 0.05) is 6.07 Å². The van der Waals surface area contributed by atoms with Gasteiger partial charge in [0.2, 0.25) is 5.91 Å². The Bertz CT molecular complexity index is 1220. The molecule has 1 amide bonds. The minimum atomic E-state index is -0.389. The van der Waals surface area contributed by atoms with E-state index in [0.717, 1.165) is 21.6 Å². The number of nitrogens with zero attached hydrogens (tertiary/aromatic N) is 5. The van der Waals surface area contributed by atoms with Crippen LogP contribution in [0.2, 0.25) is 0 Å². The summed E-state index contributed by atoms with van der Waals surface area (Å²) in [5.41, 5.74) is 2.86. The molecule has 28 heavy (non-hydrogen) atoms. The molecule has 0 aliphatic rings. The van der Waals surface area contributed by atoms with Gasteiger partial charge < -0.3 is 5.32 Å². The summed E-state index contributed by atoms with van der Waals surface area (Å²) in [7, 11) is 0. The van der Waals surface area contributed by atoms with Gasteiger partial charge in [-0.3, -0.25) is 9.59 Å². The standard InChI is InChI=1S/C20H18N6O2/c1-13-7-9-15(10-8-13)26-18(11-14(2)23-26)21-19(27)12-25-20(28)16-5-3-4-6-17(16)22-24-25/h3-11H,12H2,1-2H3,(H,21,27). The lowest BCUT2D eigenvalue weighted by atomic mass is 10.2. The summed E-state index contributed by atoms with van der Waals surface area (Å²) in [4.78, 5) is 25.0. The number of hydrogen-bond acceptors (Lipinski definition) is 5. The molecule has 8 heteroatoms. The lowest BCUT2D eigenvalue weighted by Gasteiger charge is -2.10. The molecule has 0 spiro atoms. The first-order valence-electron chi connectivity index (χ1n) is 8.77. The highest BCUT2D eigenvalue weighted by Gasteiger charge is 2.13. The molecule has 0 aliphatic carbocycles. The maximum absolute atomic E-state index is 12.5. The fourth-order valence-electron chi connectivity index (χ4n) is 2.92. The second-order valence-electron chi connectivity index (χ2n) is 6.54. The summed E-state index contributed by atoms with van der Waals surface area (Å²) < 4.78 is 2.71. The van der Waals surface area contributed by atoms with Crippen LogP contribution in [0.3, 0.4) is 0 Å². The van der Waals surface area contributed by atoms with Crippen molar-refractivity contribution in [1.82, 2.24) is 24.8 Å². The first-order chi connectivity index (χ1) is 13.5. The van der Waals surface area contributed by atoms with Crippen molar-refractivity contribution >= 4 is 22.6 Å². The zero-order valence-electron chi connectivity index (χ0n) is 15.5. The van der Waals surface area contributed by atoms with Crippen molar-refractivity contribution in [2.45, 2.75) is 20.4 Å². The Balaban J connectivity index is 1.59. The van der Waals surface area contributed by atoms with Crippen molar-refractivity contribution in [1.29, 1.82) is 0 Å². The number of amides is 1. The summed E-state index contributed by atoms with van der Waals surface area (Å²) in [6.45, 7) is 3.61. The van der Waals surface area contributed by atoms with Crippen LogP contribution in [0, 0.1) is 13.8 Å². The van der Waals surface area contributed by atoms with E-state index in [2.05, 4.69) is 20.7 Å². The van der Waals surface area contributed by atoms with E-state index in [1.54, 1.807) is 35.0 Å². The predicted octanol–water partition coefficient (Wildman–Crippen LogP) is 2.23. The van der Waals surface area contributed by atoms with Crippen molar-refractivity contribution in [3.8, 4) is 5.69 Å². The van der Waals surface area contributed by atoms with Crippen molar-refractivity contribution in [2.24, 2.45) is 0 Å². The van der Waals surface area contributed by atoms with Gasteiger partial charge in [-0.2, -0.15) is 5.10 Å². The molecule has 140 valence electrons. The number of aryl methyl sites for hydroxylation is 2. The van der Waals surface area contributed by atoms with Gasteiger partial charge in [-0.05, 0) is 38.1 Å². The molecule has 0 aliphatic heterocycles. The highest BCUT2D eigenvalue weighted by Crippen LogP contribution is 2.17. The molecular formula is C20H18N6O2. The van der Waals surface area contributed by atoms with Gasteiger partial charge >= 0.3 is 0 Å². The SMILES string of the molecule is Cc1ccc(-n2nc(C)cc2NC(=O)Cn2nnc3ccccc3c2=O)cc1. The van der Waals surface area contributed by atoms with E-state index in [9.17, 15) is 9.59 Å². The number of rotatable bonds is 4. The van der Waals surface area contributed by atoms with Crippen molar-refractivity contribution < 1.29 is 4.79 Å². The molecule has 4 rings (SSSR count). The number of hydrogen-bond donors (Lipinski definition) is 1. The number of nitrogens with one attached hydrogen (secondary N) is 1. The number of anilines is 1. The maximum Gasteiger partial charge on any atom is 0.278 e. The van der Waals surface area contributed by atoms with E-state index >= 15 is 0 Å². The van der Waals surface area contributed by atoms with E-state index < -0.39 is 0 Å². The zero-order valence-corrected chi connectivity index (χ0v) is 15.5. The van der Waals surface area contributed by atoms with E-state index in [4.69, 9.17) is 0 Å². The van der Waals surface area contributed by atoms with E-state index in [0.29, 0.717) is 16.7 Å². The minimum absolute atomic E-state index is 0.241. The molecule has 2 aromatic heterocycles. The Morgan fingerprint density at radius 2 is 1.82 bits per heavy atom. The van der Waals surface area contributed by atoms with Crippen LogP contribution >= 0.6 is 0 Å². The summed E-state index contributed by atoms with van der Waals surface area (Å²) in [5.74, 6) is 0.132. The highest BCUT2D eigenvalue weighted by atomic mass is 16.2. The Labute approximate surface area is 160 Å². The molecule has 0 fully saturated rings. The molecule has 0 saturated carbocycles. The average molecular weight is 374 g/mol. The van der Waals surface area contributed by atoms with Gasteiger partial charge in [0.25, 0.3) is 5.56 Å². The van der Waals surface area contributed by atoms with Crippen molar-refractivity contribution in [2.75, 3.05) is 5.32 Å². The number of fused-ring (bicyclic) bond motifs is 1. The molecule has 2 heterocycles.